The Kier molecular flexibility index (Phi) is 5.35. The lowest BCUT2D eigenvalue weighted by molar-refractivity contribution is -0.116. The second-order valence-electron chi connectivity index (χ2n) is 6.29. The van der Waals surface area contributed by atoms with E-state index in [4.69, 9.17) is 12.2 Å². The van der Waals surface area contributed by atoms with E-state index in [0.717, 1.165) is 34.8 Å². The fraction of sp³-hybridized carbons (Fsp3) is 0.438. The molecule has 3 amide bonds. The SMILES string of the molecule is Cc1cc(F)c(N2C(=O)CN(C(=O)NC3CC3)C2=S)cc1SCC(F)(F)F. The Morgan fingerprint density at radius 2 is 2.04 bits per heavy atom. The molecule has 27 heavy (non-hydrogen) atoms. The number of aryl methyl sites for hydroxylation is 1. The molecule has 1 aromatic rings. The van der Waals surface area contributed by atoms with Gasteiger partial charge in [0.1, 0.15) is 12.4 Å². The van der Waals surface area contributed by atoms with Crippen molar-refractivity contribution in [2.24, 2.45) is 0 Å². The van der Waals surface area contributed by atoms with Crippen LogP contribution in [0.15, 0.2) is 17.0 Å². The van der Waals surface area contributed by atoms with Crippen LogP contribution in [0.5, 0.6) is 0 Å². The summed E-state index contributed by atoms with van der Waals surface area (Å²) in [6.07, 6.45) is -2.70. The van der Waals surface area contributed by atoms with Crippen LogP contribution in [0.3, 0.4) is 0 Å². The van der Waals surface area contributed by atoms with Gasteiger partial charge in [0.25, 0.3) is 5.91 Å². The second-order valence-corrected chi connectivity index (χ2v) is 7.68. The molecule has 0 spiro atoms. The summed E-state index contributed by atoms with van der Waals surface area (Å²) in [4.78, 5) is 26.6. The highest BCUT2D eigenvalue weighted by Crippen LogP contribution is 2.35. The van der Waals surface area contributed by atoms with Gasteiger partial charge < -0.3 is 5.32 Å². The van der Waals surface area contributed by atoms with E-state index in [1.165, 1.54) is 6.92 Å². The molecule has 0 unspecified atom stereocenters. The number of amides is 3. The number of hydrogen-bond donors (Lipinski definition) is 1. The number of thiocarbonyl (C=S) groups is 1. The maximum atomic E-state index is 14.4. The number of hydrogen-bond acceptors (Lipinski definition) is 4. The fourth-order valence-corrected chi connectivity index (χ4v) is 3.65. The Morgan fingerprint density at radius 1 is 1.37 bits per heavy atom. The number of carbonyl (C=O) groups excluding carboxylic acids is 2. The number of alkyl halides is 3. The number of nitrogens with zero attached hydrogens (tertiary/aromatic N) is 2. The topological polar surface area (TPSA) is 52.7 Å². The third-order valence-electron chi connectivity index (χ3n) is 3.99. The summed E-state index contributed by atoms with van der Waals surface area (Å²) in [6, 6.07) is 1.72. The molecule has 1 aliphatic heterocycles. The number of rotatable bonds is 4. The standard InChI is InChI=1S/C16H15F4N3O2S2/c1-8-4-10(17)11(5-12(8)27-7-16(18,19)20)23-13(24)6-22(15(23)26)14(25)21-9-2-3-9/h4-5,9H,2-3,6-7H2,1H3,(H,21,25). The van der Waals surface area contributed by atoms with Crippen LogP contribution in [0.4, 0.5) is 28.0 Å². The first kappa shape index (κ1) is 19.9. The monoisotopic (exact) mass is 421 g/mol. The predicted molar refractivity (Wildman–Crippen MR) is 96.3 cm³/mol. The van der Waals surface area contributed by atoms with Gasteiger partial charge in [-0.2, -0.15) is 13.2 Å². The third kappa shape index (κ3) is 4.52. The van der Waals surface area contributed by atoms with Crippen molar-refractivity contribution in [3.8, 4) is 0 Å². The van der Waals surface area contributed by atoms with E-state index in [1.807, 2.05) is 0 Å². The molecule has 1 N–H and O–H groups in total. The quantitative estimate of drug-likeness (QED) is 0.459. The predicted octanol–water partition coefficient (Wildman–Crippen LogP) is 3.59. The van der Waals surface area contributed by atoms with Gasteiger partial charge in [-0.15, -0.1) is 11.8 Å². The highest BCUT2D eigenvalue weighted by molar-refractivity contribution is 7.99. The Bertz CT molecular complexity index is 812. The largest absolute Gasteiger partial charge is 0.398 e. The second kappa shape index (κ2) is 7.27. The van der Waals surface area contributed by atoms with Gasteiger partial charge in [0.2, 0.25) is 0 Å². The van der Waals surface area contributed by atoms with Gasteiger partial charge in [-0.3, -0.25) is 14.6 Å². The van der Waals surface area contributed by atoms with E-state index in [9.17, 15) is 27.2 Å². The van der Waals surface area contributed by atoms with E-state index in [-0.39, 0.29) is 28.3 Å². The van der Waals surface area contributed by atoms with E-state index >= 15 is 0 Å². The molecule has 1 saturated heterocycles. The zero-order chi connectivity index (χ0) is 19.9. The molecule has 0 atom stereocenters. The van der Waals surface area contributed by atoms with Gasteiger partial charge in [0.15, 0.2) is 5.11 Å². The molecule has 0 radical (unpaired) electrons. The molecule has 3 rings (SSSR count). The summed E-state index contributed by atoms with van der Waals surface area (Å²) < 4.78 is 51.9. The Morgan fingerprint density at radius 3 is 2.63 bits per heavy atom. The van der Waals surface area contributed by atoms with Crippen LogP contribution in [0.1, 0.15) is 18.4 Å². The number of urea groups is 1. The van der Waals surface area contributed by atoms with E-state index in [0.29, 0.717) is 17.3 Å². The molecule has 146 valence electrons. The lowest BCUT2D eigenvalue weighted by Crippen LogP contribution is -2.43. The Balaban J connectivity index is 1.84. The molecule has 1 aromatic carbocycles. The van der Waals surface area contributed by atoms with Gasteiger partial charge in [0.05, 0.1) is 11.4 Å². The molecule has 2 fully saturated rings. The maximum absolute atomic E-state index is 14.4. The molecular formula is C16H15F4N3O2S2. The summed E-state index contributed by atoms with van der Waals surface area (Å²) in [6.45, 7) is 1.13. The van der Waals surface area contributed by atoms with Crippen LogP contribution in [0.2, 0.25) is 0 Å². The molecule has 1 heterocycles. The zero-order valence-corrected chi connectivity index (χ0v) is 15.7. The van der Waals surface area contributed by atoms with Crippen molar-refractivity contribution in [3.05, 3.63) is 23.5 Å². The highest BCUT2D eigenvalue weighted by atomic mass is 32.2. The fourth-order valence-electron chi connectivity index (χ4n) is 2.51. The number of carbonyl (C=O) groups is 2. The minimum atomic E-state index is -4.39. The van der Waals surface area contributed by atoms with E-state index in [1.54, 1.807) is 0 Å². The first-order valence-corrected chi connectivity index (χ1v) is 9.41. The number of nitrogens with one attached hydrogen (secondary N) is 1. The maximum Gasteiger partial charge on any atom is 0.398 e. The smallest absolute Gasteiger partial charge is 0.335 e. The normalized spacial score (nSPS) is 17.7. The van der Waals surface area contributed by atoms with Crippen LogP contribution in [-0.2, 0) is 4.79 Å². The minimum Gasteiger partial charge on any atom is -0.335 e. The summed E-state index contributed by atoms with van der Waals surface area (Å²) in [5, 5.41) is 2.49. The molecule has 0 bridgehead atoms. The molecule has 11 heteroatoms. The van der Waals surface area contributed by atoms with Gasteiger partial charge >= 0.3 is 12.2 Å². The summed E-state index contributed by atoms with van der Waals surface area (Å²) in [5.41, 5.74) is 0.0494. The van der Waals surface area contributed by atoms with Crippen LogP contribution in [0, 0.1) is 12.7 Å². The van der Waals surface area contributed by atoms with Gasteiger partial charge in [-0.1, -0.05) is 0 Å². The van der Waals surface area contributed by atoms with Gasteiger partial charge in [0, 0.05) is 10.9 Å². The number of thioether (sulfide) groups is 1. The summed E-state index contributed by atoms with van der Waals surface area (Å²) >= 11 is 5.64. The van der Waals surface area contributed by atoms with Crippen molar-refractivity contribution < 1.29 is 27.2 Å². The number of halogens is 4. The molecule has 5 nitrogen and oxygen atoms in total. The van der Waals surface area contributed by atoms with Crippen LogP contribution >= 0.6 is 24.0 Å². The molecule has 2 aliphatic rings. The molecule has 1 aliphatic carbocycles. The van der Waals surface area contributed by atoms with E-state index in [2.05, 4.69) is 5.32 Å². The average molecular weight is 421 g/mol. The summed E-state index contributed by atoms with van der Waals surface area (Å²) in [5.74, 6) is -2.57. The van der Waals surface area contributed by atoms with Crippen LogP contribution < -0.4 is 10.2 Å². The first-order chi connectivity index (χ1) is 12.6. The average Bonchev–Trinajstić information content (AvgIpc) is 3.31. The first-order valence-electron chi connectivity index (χ1n) is 8.01. The molecule has 1 saturated carbocycles. The van der Waals surface area contributed by atoms with Crippen LogP contribution in [0.25, 0.3) is 0 Å². The van der Waals surface area contributed by atoms with Crippen molar-refractivity contribution in [2.75, 3.05) is 17.2 Å². The van der Waals surface area contributed by atoms with Crippen molar-refractivity contribution in [1.29, 1.82) is 0 Å². The van der Waals surface area contributed by atoms with Crippen molar-refractivity contribution >= 4 is 46.7 Å². The number of anilines is 1. The van der Waals surface area contributed by atoms with Crippen molar-refractivity contribution in [1.82, 2.24) is 10.2 Å². The van der Waals surface area contributed by atoms with Crippen molar-refractivity contribution in [3.63, 3.8) is 0 Å². The van der Waals surface area contributed by atoms with Gasteiger partial charge in [-0.25, -0.2) is 9.18 Å². The number of benzene rings is 1. The highest BCUT2D eigenvalue weighted by Gasteiger charge is 2.40. The minimum absolute atomic E-state index is 0.0472. The Hall–Kier alpha value is -1.88. The molecular weight excluding hydrogens is 406 g/mol. The molecule has 0 aromatic heterocycles. The summed E-state index contributed by atoms with van der Waals surface area (Å²) in [7, 11) is 0. The lowest BCUT2D eigenvalue weighted by Gasteiger charge is -2.21. The lowest BCUT2D eigenvalue weighted by atomic mass is 10.2. The van der Waals surface area contributed by atoms with Crippen LogP contribution in [-0.4, -0.2) is 46.5 Å². The van der Waals surface area contributed by atoms with Crippen molar-refractivity contribution in [2.45, 2.75) is 36.9 Å². The van der Waals surface area contributed by atoms with Gasteiger partial charge in [-0.05, 0) is 49.7 Å². The zero-order valence-electron chi connectivity index (χ0n) is 14.1. The Labute approximate surface area is 162 Å². The van der Waals surface area contributed by atoms with E-state index < -0.39 is 29.7 Å². The third-order valence-corrected chi connectivity index (χ3v) is 5.62.